The highest BCUT2D eigenvalue weighted by atomic mass is 32.2. The number of fused-ring (bicyclic) bond motifs is 1. The smallest absolute Gasteiger partial charge is 0.254 e. The second-order valence-corrected chi connectivity index (χ2v) is 8.12. The molecule has 1 aromatic carbocycles. The van der Waals surface area contributed by atoms with E-state index in [1.165, 1.54) is 11.8 Å². The summed E-state index contributed by atoms with van der Waals surface area (Å²) in [4.78, 5) is 22.1. The van der Waals surface area contributed by atoms with Gasteiger partial charge in [-0.25, -0.2) is 4.99 Å². The lowest BCUT2D eigenvalue weighted by atomic mass is 9.93. The number of amides is 1. The van der Waals surface area contributed by atoms with E-state index in [1.54, 1.807) is 9.80 Å². The minimum Gasteiger partial charge on any atom is -0.490 e. The minimum atomic E-state index is -0.538. The highest BCUT2D eigenvalue weighted by Gasteiger charge is 2.43. The normalized spacial score (nSPS) is 17.7. The number of nitrogens with zero attached hydrogens (tertiary/aromatic N) is 4. The van der Waals surface area contributed by atoms with Crippen LogP contribution in [0.3, 0.4) is 0 Å². The van der Waals surface area contributed by atoms with Crippen LogP contribution in [0.5, 0.6) is 11.5 Å². The van der Waals surface area contributed by atoms with Gasteiger partial charge in [0.05, 0.1) is 30.5 Å². The van der Waals surface area contributed by atoms with E-state index in [9.17, 15) is 10.1 Å². The fourth-order valence-corrected chi connectivity index (χ4v) is 4.76. The largest absolute Gasteiger partial charge is 0.490 e. The summed E-state index contributed by atoms with van der Waals surface area (Å²) in [6.07, 6.45) is 0. The standard InChI is InChI=1S/C23H29N5O3S/c1-6-27(7-2)22(29)19-14(5)26-23-28(21(25)18(13-24)32-23)20(19)15-10-11-16(30-8-3)17(12-15)31-9-4/h10-12,20H,6-9,25H2,1-5H3/t20-/m0/s1. The second-order valence-electron chi connectivity index (χ2n) is 7.14. The number of rotatable bonds is 8. The van der Waals surface area contributed by atoms with E-state index in [0.29, 0.717) is 65.0 Å². The first-order chi connectivity index (χ1) is 15.4. The van der Waals surface area contributed by atoms with Gasteiger partial charge in [-0.2, -0.15) is 5.26 Å². The summed E-state index contributed by atoms with van der Waals surface area (Å²) in [7, 11) is 0. The number of hydrogen-bond acceptors (Lipinski definition) is 8. The lowest BCUT2D eigenvalue weighted by Gasteiger charge is -2.37. The van der Waals surface area contributed by atoms with Gasteiger partial charge in [-0.1, -0.05) is 6.07 Å². The van der Waals surface area contributed by atoms with Gasteiger partial charge >= 0.3 is 0 Å². The number of hydrogen-bond donors (Lipinski definition) is 1. The molecular weight excluding hydrogens is 426 g/mol. The van der Waals surface area contributed by atoms with Crippen LogP contribution in [0, 0.1) is 11.3 Å². The van der Waals surface area contributed by atoms with E-state index in [4.69, 9.17) is 15.2 Å². The summed E-state index contributed by atoms with van der Waals surface area (Å²) in [5.41, 5.74) is 8.33. The zero-order valence-corrected chi connectivity index (χ0v) is 20.0. The Labute approximate surface area is 193 Å². The van der Waals surface area contributed by atoms with Gasteiger partial charge in [0, 0.05) is 13.1 Å². The van der Waals surface area contributed by atoms with Crippen LogP contribution >= 0.6 is 11.8 Å². The number of benzene rings is 1. The topological polar surface area (TPSA) is 104 Å². The first-order valence-corrected chi connectivity index (χ1v) is 11.6. The summed E-state index contributed by atoms with van der Waals surface area (Å²) in [5.74, 6) is 1.43. The number of thioether (sulfide) groups is 1. The van der Waals surface area contributed by atoms with Gasteiger partial charge in [-0.05, 0) is 64.1 Å². The molecule has 0 unspecified atom stereocenters. The molecule has 0 radical (unpaired) electrons. The molecule has 170 valence electrons. The fourth-order valence-electron chi connectivity index (χ4n) is 3.85. The Bertz CT molecular complexity index is 1040. The summed E-state index contributed by atoms with van der Waals surface area (Å²) in [5, 5.41) is 10.1. The molecule has 0 spiro atoms. The van der Waals surface area contributed by atoms with Crippen LogP contribution in [-0.4, -0.2) is 47.2 Å². The summed E-state index contributed by atoms with van der Waals surface area (Å²) < 4.78 is 11.5. The minimum absolute atomic E-state index is 0.102. The Morgan fingerprint density at radius 1 is 1.22 bits per heavy atom. The molecule has 0 saturated carbocycles. The van der Waals surface area contributed by atoms with E-state index in [2.05, 4.69) is 11.1 Å². The monoisotopic (exact) mass is 455 g/mol. The quantitative estimate of drug-likeness (QED) is 0.637. The molecule has 0 aliphatic carbocycles. The van der Waals surface area contributed by atoms with Crippen molar-refractivity contribution >= 4 is 22.8 Å². The maximum atomic E-state index is 13.6. The number of likely N-dealkylation sites (N-methyl/N-ethyl adjacent to an activating group) is 1. The molecule has 2 aliphatic rings. The first kappa shape index (κ1) is 23.5. The number of nitrogens with two attached hydrogens (primary N) is 1. The Kier molecular flexibility index (Phi) is 7.36. The van der Waals surface area contributed by atoms with Crippen LogP contribution in [0.1, 0.15) is 46.2 Å². The van der Waals surface area contributed by atoms with E-state index in [1.807, 2.05) is 52.8 Å². The number of allylic oxidation sites excluding steroid dienone is 2. The number of carbonyl (C=O) groups is 1. The molecular formula is C23H29N5O3S. The molecule has 2 N–H and O–H groups in total. The van der Waals surface area contributed by atoms with Crippen LogP contribution in [-0.2, 0) is 4.79 Å². The van der Waals surface area contributed by atoms with Crippen molar-refractivity contribution in [2.45, 2.75) is 40.7 Å². The van der Waals surface area contributed by atoms with Gasteiger partial charge in [0.2, 0.25) is 0 Å². The van der Waals surface area contributed by atoms with E-state index in [-0.39, 0.29) is 5.91 Å². The van der Waals surface area contributed by atoms with Crippen molar-refractivity contribution in [2.24, 2.45) is 10.7 Å². The highest BCUT2D eigenvalue weighted by Crippen LogP contribution is 2.46. The first-order valence-electron chi connectivity index (χ1n) is 10.8. The Balaban J connectivity index is 2.21. The van der Waals surface area contributed by atoms with Crippen LogP contribution in [0.25, 0.3) is 0 Å². The molecule has 2 heterocycles. The van der Waals surface area contributed by atoms with Gasteiger partial charge in [0.25, 0.3) is 5.91 Å². The highest BCUT2D eigenvalue weighted by molar-refractivity contribution is 8.17. The van der Waals surface area contributed by atoms with Gasteiger partial charge in [0.1, 0.15) is 16.8 Å². The molecule has 8 nitrogen and oxygen atoms in total. The van der Waals surface area contributed by atoms with Crippen LogP contribution in [0.2, 0.25) is 0 Å². The molecule has 0 aromatic heterocycles. The van der Waals surface area contributed by atoms with Gasteiger partial charge < -0.3 is 20.1 Å². The van der Waals surface area contributed by atoms with Crippen molar-refractivity contribution in [3.8, 4) is 17.6 Å². The maximum absolute atomic E-state index is 13.6. The third-order valence-electron chi connectivity index (χ3n) is 5.34. The van der Waals surface area contributed by atoms with Crippen molar-refractivity contribution in [3.05, 3.63) is 45.8 Å². The van der Waals surface area contributed by atoms with Gasteiger partial charge in [0.15, 0.2) is 16.7 Å². The number of carbonyl (C=O) groups excluding carboxylic acids is 1. The number of amidine groups is 1. The molecule has 32 heavy (non-hydrogen) atoms. The number of nitriles is 1. The summed E-state index contributed by atoms with van der Waals surface area (Å²) >= 11 is 1.22. The molecule has 0 saturated heterocycles. The SMILES string of the molecule is CCOc1ccc([C@H]2C(C(=O)N(CC)CC)=C(C)N=C3SC(C#N)=C(N)N32)cc1OCC. The lowest BCUT2D eigenvalue weighted by molar-refractivity contribution is -0.127. The summed E-state index contributed by atoms with van der Waals surface area (Å²) in [6.45, 7) is 11.7. The van der Waals surface area contributed by atoms with Crippen molar-refractivity contribution < 1.29 is 14.3 Å². The summed E-state index contributed by atoms with van der Waals surface area (Å²) in [6, 6.07) is 7.24. The Morgan fingerprint density at radius 3 is 2.47 bits per heavy atom. The van der Waals surface area contributed by atoms with Crippen LogP contribution in [0.15, 0.2) is 45.2 Å². The maximum Gasteiger partial charge on any atom is 0.254 e. The van der Waals surface area contributed by atoms with Crippen molar-refractivity contribution in [1.82, 2.24) is 9.80 Å². The van der Waals surface area contributed by atoms with Crippen molar-refractivity contribution in [3.63, 3.8) is 0 Å². The molecule has 3 rings (SSSR count). The number of aliphatic imine (C=N–C) groups is 1. The molecule has 0 bridgehead atoms. The molecule has 1 atom stereocenters. The Hall–Kier alpha value is -3.12. The predicted octanol–water partition coefficient (Wildman–Crippen LogP) is 3.74. The molecule has 0 fully saturated rings. The average molecular weight is 456 g/mol. The fraction of sp³-hybridized carbons (Fsp3) is 0.435. The lowest BCUT2D eigenvalue weighted by Crippen LogP contribution is -2.42. The molecule has 1 amide bonds. The van der Waals surface area contributed by atoms with Crippen molar-refractivity contribution in [2.75, 3.05) is 26.3 Å². The van der Waals surface area contributed by atoms with E-state index >= 15 is 0 Å². The number of ether oxygens (including phenoxy) is 2. The zero-order chi connectivity index (χ0) is 23.4. The second kappa shape index (κ2) is 10.0. The van der Waals surface area contributed by atoms with Gasteiger partial charge in [-0.15, -0.1) is 0 Å². The van der Waals surface area contributed by atoms with Crippen LogP contribution < -0.4 is 15.2 Å². The van der Waals surface area contributed by atoms with Gasteiger partial charge in [-0.3, -0.25) is 9.69 Å². The average Bonchev–Trinajstić information content (AvgIpc) is 3.10. The molecule has 9 heteroatoms. The Morgan fingerprint density at radius 2 is 1.88 bits per heavy atom. The van der Waals surface area contributed by atoms with E-state index in [0.717, 1.165) is 5.56 Å². The van der Waals surface area contributed by atoms with Crippen LogP contribution in [0.4, 0.5) is 0 Å². The van der Waals surface area contributed by atoms with Crippen molar-refractivity contribution in [1.29, 1.82) is 5.26 Å². The predicted molar refractivity (Wildman–Crippen MR) is 126 cm³/mol. The molecule has 2 aliphatic heterocycles. The third kappa shape index (κ3) is 4.15. The van der Waals surface area contributed by atoms with E-state index < -0.39 is 6.04 Å². The molecule has 1 aromatic rings. The third-order valence-corrected chi connectivity index (χ3v) is 6.32. The zero-order valence-electron chi connectivity index (χ0n) is 19.1.